The van der Waals surface area contributed by atoms with Gasteiger partial charge in [0, 0.05) is 24.2 Å². The molecular formula is C25H25F2N3O4. The minimum absolute atomic E-state index is 0.0306. The van der Waals surface area contributed by atoms with Gasteiger partial charge in [0.1, 0.15) is 35.1 Å². The second kappa shape index (κ2) is 9.29. The number of hydrogen-bond donors (Lipinski definition) is 0. The van der Waals surface area contributed by atoms with Gasteiger partial charge in [-0.1, -0.05) is 0 Å². The first-order valence-electron chi connectivity index (χ1n) is 10.9. The number of aromatic nitrogens is 2. The van der Waals surface area contributed by atoms with Crippen molar-refractivity contribution in [2.24, 2.45) is 11.3 Å². The average Bonchev–Trinajstić information content (AvgIpc) is 3.51. The van der Waals surface area contributed by atoms with Crippen LogP contribution in [0.1, 0.15) is 43.5 Å². The molecule has 3 aromatic rings. The monoisotopic (exact) mass is 469 g/mol. The maximum absolute atomic E-state index is 13.2. The molecule has 1 fully saturated rings. The molecular weight excluding hydrogens is 444 g/mol. The lowest BCUT2D eigenvalue weighted by Gasteiger charge is -2.17. The van der Waals surface area contributed by atoms with Gasteiger partial charge in [0.15, 0.2) is 5.78 Å². The molecule has 1 saturated carbocycles. The van der Waals surface area contributed by atoms with Gasteiger partial charge in [0.25, 0.3) is 0 Å². The summed E-state index contributed by atoms with van der Waals surface area (Å²) in [4.78, 5) is 17.2. The zero-order chi connectivity index (χ0) is 24.5. The molecule has 2 aromatic heterocycles. The zero-order valence-corrected chi connectivity index (χ0v) is 19.2. The van der Waals surface area contributed by atoms with E-state index in [0.29, 0.717) is 22.7 Å². The molecule has 34 heavy (non-hydrogen) atoms. The summed E-state index contributed by atoms with van der Waals surface area (Å²) in [6.45, 7) is 0.691. The number of nitriles is 1. The van der Waals surface area contributed by atoms with Gasteiger partial charge < -0.3 is 14.2 Å². The van der Waals surface area contributed by atoms with Gasteiger partial charge in [0.2, 0.25) is 0 Å². The number of benzene rings is 1. The van der Waals surface area contributed by atoms with Crippen LogP contribution in [0.15, 0.2) is 36.7 Å². The molecule has 0 atom stereocenters. The van der Waals surface area contributed by atoms with Gasteiger partial charge >= 0.3 is 6.61 Å². The number of rotatable bonds is 10. The third-order valence-electron chi connectivity index (χ3n) is 5.63. The lowest BCUT2D eigenvalue weighted by Crippen LogP contribution is -2.19. The highest BCUT2D eigenvalue weighted by Crippen LogP contribution is 2.40. The fourth-order valence-corrected chi connectivity index (χ4v) is 3.61. The zero-order valence-electron chi connectivity index (χ0n) is 19.2. The standard InChI is InChI=1S/C25H25F2N3O4/c1-25(2,13-28)14-33-17-6-7-30-18(12-29-22(30)11-17)16-9-20(32-3)23(19(31)8-15-4-5-15)21(10-16)34-24(26)27/h6-7,9-12,15,24H,4-5,8,14H2,1-3H3. The van der Waals surface area contributed by atoms with Crippen molar-refractivity contribution in [1.29, 1.82) is 5.26 Å². The topological polar surface area (TPSA) is 85.8 Å². The van der Waals surface area contributed by atoms with Crippen LogP contribution in [0.25, 0.3) is 16.9 Å². The van der Waals surface area contributed by atoms with E-state index in [2.05, 4.69) is 11.1 Å². The number of nitrogens with zero attached hydrogens (tertiary/aromatic N) is 3. The number of methoxy groups -OCH3 is 1. The number of ether oxygens (including phenoxy) is 3. The highest BCUT2D eigenvalue weighted by Gasteiger charge is 2.30. The van der Waals surface area contributed by atoms with Crippen LogP contribution in [0.4, 0.5) is 8.78 Å². The number of alkyl halides is 2. The highest BCUT2D eigenvalue weighted by molar-refractivity contribution is 6.02. The molecule has 178 valence electrons. The molecule has 0 bridgehead atoms. The fraction of sp³-hybridized carbons (Fsp3) is 0.400. The van der Waals surface area contributed by atoms with Crippen LogP contribution >= 0.6 is 0 Å². The molecule has 4 rings (SSSR count). The Morgan fingerprint density at radius 1 is 1.29 bits per heavy atom. The van der Waals surface area contributed by atoms with E-state index in [4.69, 9.17) is 19.5 Å². The van der Waals surface area contributed by atoms with E-state index in [9.17, 15) is 13.6 Å². The van der Waals surface area contributed by atoms with Crippen molar-refractivity contribution in [2.75, 3.05) is 13.7 Å². The van der Waals surface area contributed by atoms with Crippen LogP contribution in [0.2, 0.25) is 0 Å². The molecule has 7 nitrogen and oxygen atoms in total. The van der Waals surface area contributed by atoms with Crippen LogP contribution in [0.5, 0.6) is 17.2 Å². The first-order valence-corrected chi connectivity index (χ1v) is 10.9. The average molecular weight is 469 g/mol. The smallest absolute Gasteiger partial charge is 0.387 e. The Labute approximate surface area is 195 Å². The van der Waals surface area contributed by atoms with Gasteiger partial charge in [-0.2, -0.15) is 14.0 Å². The second-order valence-electron chi connectivity index (χ2n) is 9.02. The number of carbonyl (C=O) groups excluding carboxylic acids is 1. The summed E-state index contributed by atoms with van der Waals surface area (Å²) in [5, 5.41) is 9.16. The Bertz CT molecular complexity index is 1260. The summed E-state index contributed by atoms with van der Waals surface area (Å²) < 4.78 is 44.0. The van der Waals surface area contributed by atoms with Crippen molar-refractivity contribution in [3.05, 3.63) is 42.2 Å². The lowest BCUT2D eigenvalue weighted by molar-refractivity contribution is -0.0502. The number of hydrogen-bond acceptors (Lipinski definition) is 6. The van der Waals surface area contributed by atoms with E-state index in [0.717, 1.165) is 12.8 Å². The van der Waals surface area contributed by atoms with Gasteiger partial charge in [-0.25, -0.2) is 4.98 Å². The summed E-state index contributed by atoms with van der Waals surface area (Å²) >= 11 is 0. The van der Waals surface area contributed by atoms with E-state index in [-0.39, 0.29) is 41.8 Å². The Balaban J connectivity index is 1.71. The summed E-state index contributed by atoms with van der Waals surface area (Å²) in [6, 6.07) is 8.67. The predicted octanol–water partition coefficient (Wildman–Crippen LogP) is 5.52. The molecule has 1 aromatic carbocycles. The molecule has 0 saturated heterocycles. The van der Waals surface area contributed by atoms with Gasteiger partial charge in [-0.3, -0.25) is 9.20 Å². The van der Waals surface area contributed by atoms with E-state index < -0.39 is 12.0 Å². The normalized spacial score (nSPS) is 13.7. The maximum Gasteiger partial charge on any atom is 0.387 e. The molecule has 9 heteroatoms. The van der Waals surface area contributed by atoms with Crippen molar-refractivity contribution >= 4 is 11.4 Å². The van der Waals surface area contributed by atoms with Crippen molar-refractivity contribution in [3.8, 4) is 34.6 Å². The summed E-state index contributed by atoms with van der Waals surface area (Å²) in [6.07, 6.45) is 5.51. The Kier molecular flexibility index (Phi) is 6.42. The molecule has 0 radical (unpaired) electrons. The SMILES string of the molecule is COc1cc(-c2cnc3cc(OCC(C)(C)C#N)ccn23)cc(OC(F)F)c1C(=O)CC1CC1. The lowest BCUT2D eigenvalue weighted by atomic mass is 9.98. The number of ketones is 1. The molecule has 1 aliphatic rings. The molecule has 2 heterocycles. The van der Waals surface area contributed by atoms with E-state index in [1.54, 1.807) is 48.8 Å². The highest BCUT2D eigenvalue weighted by atomic mass is 19.3. The quantitative estimate of drug-likeness (QED) is 0.363. The van der Waals surface area contributed by atoms with E-state index in [1.807, 2.05) is 0 Å². The summed E-state index contributed by atoms with van der Waals surface area (Å²) in [5.41, 5.74) is 1.05. The van der Waals surface area contributed by atoms with Gasteiger partial charge in [0.05, 0.1) is 30.5 Å². The van der Waals surface area contributed by atoms with E-state index >= 15 is 0 Å². The fourth-order valence-electron chi connectivity index (χ4n) is 3.61. The second-order valence-corrected chi connectivity index (χ2v) is 9.02. The molecule has 0 aliphatic heterocycles. The minimum Gasteiger partial charge on any atom is -0.496 e. The van der Waals surface area contributed by atoms with E-state index in [1.165, 1.54) is 13.2 Å². The molecule has 0 unspecified atom stereocenters. The number of imidazole rings is 1. The van der Waals surface area contributed by atoms with Gasteiger partial charge in [-0.05, 0) is 50.8 Å². The largest absolute Gasteiger partial charge is 0.496 e. The van der Waals surface area contributed by atoms with Crippen molar-refractivity contribution in [1.82, 2.24) is 9.38 Å². The first kappa shape index (κ1) is 23.5. The van der Waals surface area contributed by atoms with Gasteiger partial charge in [-0.15, -0.1) is 0 Å². The number of Topliss-reactive ketones (excluding diaryl/α,β-unsaturated/α-hetero) is 1. The Morgan fingerprint density at radius 2 is 2.03 bits per heavy atom. The molecule has 0 amide bonds. The Hall–Kier alpha value is -3.67. The van der Waals surface area contributed by atoms with Crippen molar-refractivity contribution in [3.63, 3.8) is 0 Å². The number of halogens is 2. The molecule has 1 aliphatic carbocycles. The van der Waals surface area contributed by atoms with Crippen LogP contribution in [-0.2, 0) is 0 Å². The number of carbonyl (C=O) groups is 1. The van der Waals surface area contributed by atoms with Crippen molar-refractivity contribution < 1.29 is 27.8 Å². The Morgan fingerprint density at radius 3 is 2.68 bits per heavy atom. The first-order chi connectivity index (χ1) is 16.2. The van der Waals surface area contributed by atoms with Crippen LogP contribution in [-0.4, -0.2) is 35.5 Å². The number of pyridine rings is 1. The van der Waals surface area contributed by atoms with Crippen LogP contribution in [0.3, 0.4) is 0 Å². The summed E-state index contributed by atoms with van der Waals surface area (Å²) in [5.74, 6) is 0.511. The van der Waals surface area contributed by atoms with Crippen LogP contribution in [0, 0.1) is 22.7 Å². The molecule has 0 N–H and O–H groups in total. The number of fused-ring (bicyclic) bond motifs is 1. The van der Waals surface area contributed by atoms with Crippen molar-refractivity contribution in [2.45, 2.75) is 39.7 Å². The predicted molar refractivity (Wildman–Crippen MR) is 120 cm³/mol. The maximum atomic E-state index is 13.2. The molecule has 0 spiro atoms. The third kappa shape index (κ3) is 5.11. The van der Waals surface area contributed by atoms with Crippen LogP contribution < -0.4 is 14.2 Å². The summed E-state index contributed by atoms with van der Waals surface area (Å²) in [7, 11) is 1.39. The third-order valence-corrected chi connectivity index (χ3v) is 5.63. The minimum atomic E-state index is -3.09.